The smallest absolute Gasteiger partial charge is 0.340 e. The van der Waals surface area contributed by atoms with Crippen LogP contribution < -0.4 is 0 Å². The number of hydrogen-bond donors (Lipinski definition) is 2. The van der Waals surface area contributed by atoms with Crippen LogP contribution in [0.15, 0.2) is 36.4 Å². The number of aliphatic hydroxyl groups excluding tert-OH is 1. The molecule has 0 aliphatic rings. The van der Waals surface area contributed by atoms with Gasteiger partial charge in [0.25, 0.3) is 0 Å². The number of unbranched alkanes of at least 4 members (excludes halogenated alkanes) is 1. The van der Waals surface area contributed by atoms with Gasteiger partial charge in [-0.05, 0) is 44.9 Å². The highest BCUT2D eigenvalue weighted by atomic mass is 16.5. The Morgan fingerprint density at radius 2 is 1.61 bits per heavy atom. The minimum absolute atomic E-state index is 0.301. The van der Waals surface area contributed by atoms with Crippen LogP contribution >= 0.6 is 0 Å². The molecule has 0 aliphatic carbocycles. The van der Waals surface area contributed by atoms with E-state index in [-0.39, 0.29) is 0 Å². The molecule has 3 aromatic rings. The Kier molecular flexibility index (Phi) is 7.61. The van der Waals surface area contributed by atoms with Crippen LogP contribution in [0.25, 0.3) is 22.1 Å². The minimum Gasteiger partial charge on any atom is -0.469 e. The fourth-order valence-electron chi connectivity index (χ4n) is 3.95. The van der Waals surface area contributed by atoms with E-state index in [4.69, 9.17) is 9.47 Å². The molecule has 1 aromatic heterocycles. The summed E-state index contributed by atoms with van der Waals surface area (Å²) in [6, 6.07) is 10.2. The van der Waals surface area contributed by atoms with Crippen molar-refractivity contribution in [2.45, 2.75) is 51.2 Å². The average Bonchev–Trinajstić information content (AvgIpc) is 2.80. The van der Waals surface area contributed by atoms with Crippen LogP contribution in [-0.4, -0.2) is 51.9 Å². The van der Waals surface area contributed by atoms with Crippen LogP contribution in [0.2, 0.25) is 0 Å². The number of hydrogen-bond acceptors (Lipinski definition) is 8. The number of methoxy groups -OCH3 is 2. The molecule has 0 spiro atoms. The summed E-state index contributed by atoms with van der Waals surface area (Å²) < 4.78 is 9.80. The van der Waals surface area contributed by atoms with Crippen LogP contribution in [0.5, 0.6) is 0 Å². The standard InChI is InChI=1S/C25H30N2O6/c1-25(2,31)14-6-5-9-17(24(30)33-4)22(28)15-10-7-12-18-20(15)26-19-13-8-11-16(21(19)27-18)23(29)32-3/h7-8,10-13,17,22,28,31H,5-6,9,14H2,1-4H3/t17-,22-/m1/s1. The van der Waals surface area contributed by atoms with E-state index in [1.807, 2.05) is 0 Å². The number of fused-ring (bicyclic) bond motifs is 2. The number of para-hydroxylation sites is 2. The fourth-order valence-corrected chi connectivity index (χ4v) is 3.95. The fraction of sp³-hybridized carbons (Fsp3) is 0.440. The molecule has 2 aromatic carbocycles. The first-order valence-electron chi connectivity index (χ1n) is 10.9. The molecular formula is C25H30N2O6. The maximum Gasteiger partial charge on any atom is 0.340 e. The second-order valence-corrected chi connectivity index (χ2v) is 8.74. The van der Waals surface area contributed by atoms with Crippen molar-refractivity contribution < 1.29 is 29.3 Å². The third-order valence-electron chi connectivity index (χ3n) is 5.69. The molecule has 2 atom stereocenters. The van der Waals surface area contributed by atoms with Crippen molar-refractivity contribution in [3.05, 3.63) is 47.5 Å². The average molecular weight is 455 g/mol. The van der Waals surface area contributed by atoms with Gasteiger partial charge in [-0.2, -0.15) is 0 Å². The summed E-state index contributed by atoms with van der Waals surface area (Å²) in [5.74, 6) is -1.81. The number of ether oxygens (including phenoxy) is 2. The molecule has 0 unspecified atom stereocenters. The summed E-state index contributed by atoms with van der Waals surface area (Å²) >= 11 is 0. The van der Waals surface area contributed by atoms with Crippen LogP contribution in [0.4, 0.5) is 0 Å². The van der Waals surface area contributed by atoms with Crippen LogP contribution in [-0.2, 0) is 14.3 Å². The van der Waals surface area contributed by atoms with Crippen LogP contribution in [0, 0.1) is 5.92 Å². The summed E-state index contributed by atoms with van der Waals surface area (Å²) in [6.45, 7) is 3.48. The van der Waals surface area contributed by atoms with Crippen molar-refractivity contribution in [3.63, 3.8) is 0 Å². The van der Waals surface area contributed by atoms with E-state index < -0.39 is 29.6 Å². The van der Waals surface area contributed by atoms with E-state index in [0.717, 1.165) is 0 Å². The predicted molar refractivity (Wildman–Crippen MR) is 124 cm³/mol. The van der Waals surface area contributed by atoms with Gasteiger partial charge in [0.15, 0.2) is 0 Å². The summed E-state index contributed by atoms with van der Waals surface area (Å²) in [5, 5.41) is 21.1. The first-order chi connectivity index (χ1) is 15.7. The largest absolute Gasteiger partial charge is 0.469 e. The number of carbonyl (C=O) groups excluding carboxylic acids is 2. The molecule has 0 aliphatic heterocycles. The van der Waals surface area contributed by atoms with Gasteiger partial charge in [-0.15, -0.1) is 0 Å². The molecule has 0 bridgehead atoms. The van der Waals surface area contributed by atoms with Gasteiger partial charge in [-0.1, -0.05) is 31.0 Å². The highest BCUT2D eigenvalue weighted by Gasteiger charge is 2.30. The van der Waals surface area contributed by atoms with Gasteiger partial charge < -0.3 is 19.7 Å². The number of benzene rings is 2. The molecule has 176 valence electrons. The Balaban J connectivity index is 1.98. The van der Waals surface area contributed by atoms with Crippen molar-refractivity contribution in [2.24, 2.45) is 5.92 Å². The number of rotatable bonds is 9. The van der Waals surface area contributed by atoms with Gasteiger partial charge in [0.1, 0.15) is 5.52 Å². The van der Waals surface area contributed by atoms with Crippen molar-refractivity contribution in [2.75, 3.05) is 14.2 Å². The quantitative estimate of drug-likeness (QED) is 0.285. The lowest BCUT2D eigenvalue weighted by atomic mass is 9.89. The zero-order chi connectivity index (χ0) is 24.2. The van der Waals surface area contributed by atoms with E-state index in [1.165, 1.54) is 14.2 Å². The predicted octanol–water partition coefficient (Wildman–Crippen LogP) is 3.72. The highest BCUT2D eigenvalue weighted by molar-refractivity contribution is 6.03. The third kappa shape index (κ3) is 5.64. The second kappa shape index (κ2) is 10.2. The first kappa shape index (κ1) is 24.5. The van der Waals surface area contributed by atoms with Crippen molar-refractivity contribution in [1.29, 1.82) is 0 Å². The molecule has 0 radical (unpaired) electrons. The van der Waals surface area contributed by atoms with E-state index in [0.29, 0.717) is 58.9 Å². The Hall–Kier alpha value is -3.10. The van der Waals surface area contributed by atoms with Gasteiger partial charge in [-0.25, -0.2) is 14.8 Å². The SMILES string of the molecule is COC(=O)c1cccc2nc3c([C@@H](O)[C@@H](CCCCC(C)(C)O)C(=O)OC)cccc3nc12. The topological polar surface area (TPSA) is 119 Å². The lowest BCUT2D eigenvalue weighted by molar-refractivity contribution is -0.150. The lowest BCUT2D eigenvalue weighted by Gasteiger charge is -2.23. The lowest BCUT2D eigenvalue weighted by Crippen LogP contribution is -2.24. The number of carbonyl (C=O) groups is 2. The van der Waals surface area contributed by atoms with Gasteiger partial charge >= 0.3 is 11.9 Å². The molecule has 3 rings (SSSR count). The first-order valence-corrected chi connectivity index (χ1v) is 10.9. The number of esters is 2. The molecule has 0 saturated heterocycles. The van der Waals surface area contributed by atoms with E-state index in [2.05, 4.69) is 9.97 Å². The van der Waals surface area contributed by atoms with Crippen LogP contribution in [0.3, 0.4) is 0 Å². The highest BCUT2D eigenvalue weighted by Crippen LogP contribution is 2.33. The van der Waals surface area contributed by atoms with E-state index >= 15 is 0 Å². The number of aliphatic hydroxyl groups is 2. The van der Waals surface area contributed by atoms with Gasteiger partial charge in [-0.3, -0.25) is 4.79 Å². The monoisotopic (exact) mass is 454 g/mol. The van der Waals surface area contributed by atoms with Crippen molar-refractivity contribution in [3.8, 4) is 0 Å². The maximum atomic E-state index is 12.5. The normalized spacial score (nSPS) is 13.6. The summed E-state index contributed by atoms with van der Waals surface area (Å²) in [5.41, 5.74) is 1.79. The Morgan fingerprint density at radius 3 is 2.24 bits per heavy atom. The molecule has 2 N–H and O–H groups in total. The third-order valence-corrected chi connectivity index (χ3v) is 5.69. The van der Waals surface area contributed by atoms with E-state index in [9.17, 15) is 19.8 Å². The maximum absolute atomic E-state index is 12.5. The Morgan fingerprint density at radius 1 is 0.970 bits per heavy atom. The zero-order valence-corrected chi connectivity index (χ0v) is 19.4. The summed E-state index contributed by atoms with van der Waals surface area (Å²) in [6.07, 6.45) is 1.18. The number of aromatic nitrogens is 2. The molecule has 0 saturated carbocycles. The van der Waals surface area contributed by atoms with Crippen LogP contribution in [0.1, 0.15) is 61.6 Å². The van der Waals surface area contributed by atoms with Gasteiger partial charge in [0.2, 0.25) is 0 Å². The zero-order valence-electron chi connectivity index (χ0n) is 19.4. The number of nitrogens with zero attached hydrogens (tertiary/aromatic N) is 2. The summed E-state index contributed by atoms with van der Waals surface area (Å²) in [7, 11) is 2.60. The molecule has 8 heteroatoms. The Bertz CT molecular complexity index is 1150. The van der Waals surface area contributed by atoms with Crippen molar-refractivity contribution in [1.82, 2.24) is 9.97 Å². The second-order valence-electron chi connectivity index (χ2n) is 8.74. The summed E-state index contributed by atoms with van der Waals surface area (Å²) in [4.78, 5) is 33.9. The minimum atomic E-state index is -1.15. The van der Waals surface area contributed by atoms with Crippen molar-refractivity contribution >= 4 is 34.0 Å². The van der Waals surface area contributed by atoms with E-state index in [1.54, 1.807) is 50.2 Å². The van der Waals surface area contributed by atoms with Gasteiger partial charge in [0, 0.05) is 5.56 Å². The molecule has 0 fully saturated rings. The molecular weight excluding hydrogens is 424 g/mol. The molecule has 0 amide bonds. The van der Waals surface area contributed by atoms with Gasteiger partial charge in [0.05, 0.1) is 54.0 Å². The molecule has 1 heterocycles. The molecule has 8 nitrogen and oxygen atoms in total. The molecule has 33 heavy (non-hydrogen) atoms. The Labute approximate surface area is 192 Å².